The Balaban J connectivity index is 1.54. The molecule has 0 atom stereocenters. The molecule has 0 saturated carbocycles. The summed E-state index contributed by atoms with van der Waals surface area (Å²) in [6.45, 7) is 3.46. The summed E-state index contributed by atoms with van der Waals surface area (Å²) in [6.07, 6.45) is 7.27. The fourth-order valence-corrected chi connectivity index (χ4v) is 4.14. The van der Waals surface area contributed by atoms with Crippen LogP contribution in [0.5, 0.6) is 0 Å². The van der Waals surface area contributed by atoms with Gasteiger partial charge in [0.2, 0.25) is 5.91 Å². The minimum absolute atomic E-state index is 0.124. The third-order valence-electron chi connectivity index (χ3n) is 5.90. The maximum atomic E-state index is 13.6. The van der Waals surface area contributed by atoms with E-state index in [0.717, 1.165) is 42.9 Å². The van der Waals surface area contributed by atoms with Crippen LogP contribution in [0.2, 0.25) is 0 Å². The third-order valence-corrected chi connectivity index (χ3v) is 5.90. The summed E-state index contributed by atoms with van der Waals surface area (Å²) in [5, 5.41) is 0. The Morgan fingerprint density at radius 2 is 1.87 bits per heavy atom. The summed E-state index contributed by atoms with van der Waals surface area (Å²) in [4.78, 5) is 24.3. The van der Waals surface area contributed by atoms with E-state index in [1.165, 1.54) is 0 Å². The van der Waals surface area contributed by atoms with Crippen molar-refractivity contribution in [2.45, 2.75) is 32.0 Å². The molecule has 1 aliphatic rings. The van der Waals surface area contributed by atoms with E-state index in [2.05, 4.69) is 34.0 Å². The van der Waals surface area contributed by atoms with Gasteiger partial charge in [0.1, 0.15) is 5.76 Å². The molecular formula is C25H30N4O2. The first-order valence-electron chi connectivity index (χ1n) is 10.9. The van der Waals surface area contributed by atoms with Gasteiger partial charge >= 0.3 is 0 Å². The van der Waals surface area contributed by atoms with E-state index in [1.807, 2.05) is 53.6 Å². The number of pyridine rings is 1. The van der Waals surface area contributed by atoms with Crippen LogP contribution in [0.25, 0.3) is 0 Å². The van der Waals surface area contributed by atoms with Gasteiger partial charge in [-0.15, -0.1) is 0 Å². The number of nitrogens with zero attached hydrogens (tertiary/aromatic N) is 4. The summed E-state index contributed by atoms with van der Waals surface area (Å²) in [7, 11) is 2.14. The Morgan fingerprint density at radius 1 is 1.06 bits per heavy atom. The largest absolute Gasteiger partial charge is 0.467 e. The van der Waals surface area contributed by atoms with Crippen LogP contribution >= 0.6 is 0 Å². The highest BCUT2D eigenvalue weighted by atomic mass is 16.3. The van der Waals surface area contributed by atoms with E-state index in [-0.39, 0.29) is 11.9 Å². The van der Waals surface area contributed by atoms with Gasteiger partial charge in [-0.25, -0.2) is 0 Å². The zero-order chi connectivity index (χ0) is 21.5. The van der Waals surface area contributed by atoms with E-state index in [0.29, 0.717) is 19.6 Å². The number of furan rings is 1. The second kappa shape index (κ2) is 10.3. The zero-order valence-electron chi connectivity index (χ0n) is 18.1. The Kier molecular flexibility index (Phi) is 6.99. The first-order chi connectivity index (χ1) is 15.2. The lowest BCUT2D eigenvalue weighted by Crippen LogP contribution is -2.49. The molecule has 1 saturated heterocycles. The topological polar surface area (TPSA) is 52.8 Å². The highest BCUT2D eigenvalue weighted by molar-refractivity contribution is 5.81. The monoisotopic (exact) mass is 418 g/mol. The molecule has 162 valence electrons. The maximum Gasteiger partial charge on any atom is 0.242 e. The summed E-state index contributed by atoms with van der Waals surface area (Å²) in [5.74, 6) is 0.949. The van der Waals surface area contributed by atoms with E-state index in [4.69, 9.17) is 4.42 Å². The fourth-order valence-electron chi connectivity index (χ4n) is 4.14. The van der Waals surface area contributed by atoms with E-state index >= 15 is 0 Å². The van der Waals surface area contributed by atoms with Crippen LogP contribution in [0.4, 0.5) is 5.69 Å². The number of aromatic nitrogens is 1. The van der Waals surface area contributed by atoms with Crippen molar-refractivity contribution in [1.82, 2.24) is 14.8 Å². The van der Waals surface area contributed by atoms with Crippen molar-refractivity contribution in [3.8, 4) is 0 Å². The number of hydrogen-bond acceptors (Lipinski definition) is 5. The summed E-state index contributed by atoms with van der Waals surface area (Å²) < 4.78 is 5.59. The molecule has 3 aromatic rings. The Bertz CT molecular complexity index is 923. The molecule has 0 spiro atoms. The van der Waals surface area contributed by atoms with Gasteiger partial charge in [0.05, 0.1) is 19.4 Å². The fraction of sp³-hybridized carbons (Fsp3) is 0.360. The number of amides is 1. The van der Waals surface area contributed by atoms with Crippen LogP contribution in [0.1, 0.15) is 24.2 Å². The average molecular weight is 419 g/mol. The van der Waals surface area contributed by atoms with Gasteiger partial charge in [0, 0.05) is 30.7 Å². The van der Waals surface area contributed by atoms with Gasteiger partial charge < -0.3 is 19.1 Å². The van der Waals surface area contributed by atoms with E-state index in [1.54, 1.807) is 12.5 Å². The predicted molar refractivity (Wildman–Crippen MR) is 122 cm³/mol. The molecule has 0 unspecified atom stereocenters. The third kappa shape index (κ3) is 5.73. The van der Waals surface area contributed by atoms with Crippen LogP contribution < -0.4 is 4.90 Å². The Hall–Kier alpha value is -3.12. The van der Waals surface area contributed by atoms with Gasteiger partial charge in [-0.3, -0.25) is 9.78 Å². The molecule has 3 heterocycles. The molecule has 1 amide bonds. The highest BCUT2D eigenvalue weighted by Crippen LogP contribution is 2.22. The van der Waals surface area contributed by atoms with Crippen molar-refractivity contribution >= 4 is 11.6 Å². The smallest absolute Gasteiger partial charge is 0.242 e. The predicted octanol–water partition coefficient (Wildman–Crippen LogP) is 3.80. The standard InChI is InChI=1S/C25H30N4O2/c1-27-14-11-23(12-15-27)29(19-24-10-6-16-31-24)25(30)20-28(22-8-3-2-4-9-22)18-21-7-5-13-26-17-21/h2-10,13,16-17,23H,11-12,14-15,18-20H2,1H3. The van der Waals surface area contributed by atoms with Crippen molar-refractivity contribution in [2.75, 3.05) is 31.6 Å². The number of para-hydroxylation sites is 1. The van der Waals surface area contributed by atoms with Crippen molar-refractivity contribution in [2.24, 2.45) is 0 Å². The number of carbonyl (C=O) groups excluding carboxylic acids is 1. The van der Waals surface area contributed by atoms with Crippen molar-refractivity contribution in [3.63, 3.8) is 0 Å². The number of benzene rings is 1. The molecule has 0 radical (unpaired) electrons. The molecule has 6 heteroatoms. The first-order valence-corrected chi connectivity index (χ1v) is 10.9. The molecule has 1 fully saturated rings. The van der Waals surface area contributed by atoms with Crippen molar-refractivity contribution in [1.29, 1.82) is 0 Å². The minimum atomic E-state index is 0.124. The SMILES string of the molecule is CN1CCC(N(Cc2ccco2)C(=O)CN(Cc2cccnc2)c2ccccc2)CC1. The summed E-state index contributed by atoms with van der Waals surface area (Å²) in [5.41, 5.74) is 2.11. The molecule has 0 aliphatic carbocycles. The molecule has 1 aromatic carbocycles. The van der Waals surface area contributed by atoms with Crippen LogP contribution in [0, 0.1) is 0 Å². The van der Waals surface area contributed by atoms with Crippen LogP contribution in [0.15, 0.2) is 77.7 Å². The quantitative estimate of drug-likeness (QED) is 0.557. The normalized spacial score (nSPS) is 15.0. The molecule has 4 rings (SSSR count). The molecule has 6 nitrogen and oxygen atoms in total. The number of piperidine rings is 1. The summed E-state index contributed by atoms with van der Waals surface area (Å²) in [6, 6.07) is 18.1. The van der Waals surface area contributed by atoms with Crippen LogP contribution in [0.3, 0.4) is 0 Å². The van der Waals surface area contributed by atoms with Gasteiger partial charge in [-0.1, -0.05) is 24.3 Å². The number of anilines is 1. The Morgan fingerprint density at radius 3 is 2.55 bits per heavy atom. The van der Waals surface area contributed by atoms with Gasteiger partial charge in [0.15, 0.2) is 0 Å². The van der Waals surface area contributed by atoms with E-state index < -0.39 is 0 Å². The van der Waals surface area contributed by atoms with Crippen molar-refractivity contribution < 1.29 is 9.21 Å². The van der Waals surface area contributed by atoms with Gasteiger partial charge in [-0.2, -0.15) is 0 Å². The molecular weight excluding hydrogens is 388 g/mol. The lowest BCUT2D eigenvalue weighted by atomic mass is 10.0. The zero-order valence-corrected chi connectivity index (χ0v) is 18.1. The second-order valence-corrected chi connectivity index (χ2v) is 8.19. The first kappa shape index (κ1) is 21.1. The maximum absolute atomic E-state index is 13.6. The summed E-state index contributed by atoms with van der Waals surface area (Å²) >= 11 is 0. The number of hydrogen-bond donors (Lipinski definition) is 0. The number of rotatable bonds is 8. The molecule has 0 N–H and O–H groups in total. The molecule has 0 bridgehead atoms. The molecule has 1 aliphatic heterocycles. The highest BCUT2D eigenvalue weighted by Gasteiger charge is 2.29. The number of carbonyl (C=O) groups is 1. The van der Waals surface area contributed by atoms with Crippen LogP contribution in [-0.4, -0.2) is 53.4 Å². The van der Waals surface area contributed by atoms with Crippen molar-refractivity contribution in [3.05, 3.63) is 84.6 Å². The molecule has 2 aromatic heterocycles. The number of likely N-dealkylation sites (tertiary alicyclic amines) is 1. The second-order valence-electron chi connectivity index (χ2n) is 8.19. The average Bonchev–Trinajstić information content (AvgIpc) is 3.32. The molecule has 31 heavy (non-hydrogen) atoms. The van der Waals surface area contributed by atoms with Gasteiger partial charge in [-0.05, 0) is 68.9 Å². The minimum Gasteiger partial charge on any atom is -0.467 e. The van der Waals surface area contributed by atoms with Gasteiger partial charge in [0.25, 0.3) is 0 Å². The Labute approximate surface area is 184 Å². The lowest BCUT2D eigenvalue weighted by Gasteiger charge is -2.38. The van der Waals surface area contributed by atoms with Crippen LogP contribution in [-0.2, 0) is 17.9 Å². The lowest BCUT2D eigenvalue weighted by molar-refractivity contribution is -0.134. The van der Waals surface area contributed by atoms with E-state index in [9.17, 15) is 4.79 Å².